The number of amides is 2. The van der Waals surface area contributed by atoms with Gasteiger partial charge in [-0.25, -0.2) is 4.79 Å². The molecule has 25 heavy (non-hydrogen) atoms. The van der Waals surface area contributed by atoms with Gasteiger partial charge < -0.3 is 19.7 Å². The predicted octanol–water partition coefficient (Wildman–Crippen LogP) is 2.09. The van der Waals surface area contributed by atoms with Crippen molar-refractivity contribution >= 4 is 18.0 Å². The number of ether oxygens (including phenoxy) is 2. The number of alkyl carbamates (subject to hydrolysis) is 1. The van der Waals surface area contributed by atoms with Crippen LogP contribution >= 0.6 is 0 Å². The van der Waals surface area contributed by atoms with E-state index in [4.69, 9.17) is 4.74 Å². The fourth-order valence-corrected chi connectivity index (χ4v) is 3.90. The van der Waals surface area contributed by atoms with Gasteiger partial charge in [0.2, 0.25) is 5.91 Å². The summed E-state index contributed by atoms with van der Waals surface area (Å²) in [6.07, 6.45) is 3.38. The standard InChI is InChI=1S/C18H30N2O5/c1-5-6-17(2,3)13-11-18(15(22)25-13)7-9-20(10-8-18)14(21)12-19-16(23)24-4/h13H,5-12H2,1-4H3,(H,19,23). The van der Waals surface area contributed by atoms with E-state index in [0.29, 0.717) is 25.9 Å². The summed E-state index contributed by atoms with van der Waals surface area (Å²) < 4.78 is 10.2. The summed E-state index contributed by atoms with van der Waals surface area (Å²) in [4.78, 5) is 37.5. The molecule has 2 aliphatic rings. The van der Waals surface area contributed by atoms with Crippen molar-refractivity contribution in [2.75, 3.05) is 26.7 Å². The molecule has 1 N–H and O–H groups in total. The third-order valence-corrected chi connectivity index (χ3v) is 5.67. The van der Waals surface area contributed by atoms with Crippen LogP contribution in [-0.2, 0) is 19.1 Å². The Morgan fingerprint density at radius 2 is 2.00 bits per heavy atom. The van der Waals surface area contributed by atoms with Gasteiger partial charge in [-0.3, -0.25) is 9.59 Å². The van der Waals surface area contributed by atoms with Crippen molar-refractivity contribution in [3.63, 3.8) is 0 Å². The van der Waals surface area contributed by atoms with Crippen LogP contribution in [0.1, 0.15) is 52.9 Å². The molecule has 2 rings (SSSR count). The van der Waals surface area contributed by atoms with Crippen molar-refractivity contribution < 1.29 is 23.9 Å². The molecule has 2 amide bonds. The SMILES string of the molecule is CCCC(C)(C)C1CC2(CCN(C(=O)CNC(=O)OC)CC2)C(=O)O1. The first-order chi connectivity index (χ1) is 11.7. The van der Waals surface area contributed by atoms with E-state index in [1.807, 2.05) is 0 Å². The van der Waals surface area contributed by atoms with Crippen LogP contribution in [-0.4, -0.2) is 55.7 Å². The van der Waals surface area contributed by atoms with Gasteiger partial charge in [0.05, 0.1) is 12.5 Å². The maximum atomic E-state index is 12.5. The molecule has 2 heterocycles. The second-order valence-corrected chi connectivity index (χ2v) is 7.84. The first kappa shape index (κ1) is 19.5. The second kappa shape index (κ2) is 7.62. The Kier molecular flexibility index (Phi) is 5.95. The number of nitrogens with one attached hydrogen (secondary N) is 1. The number of esters is 1. The zero-order valence-electron chi connectivity index (χ0n) is 15.7. The van der Waals surface area contributed by atoms with Crippen LogP contribution in [0.2, 0.25) is 0 Å². The molecule has 1 spiro atoms. The summed E-state index contributed by atoms with van der Waals surface area (Å²) in [6.45, 7) is 7.39. The van der Waals surface area contributed by atoms with E-state index in [1.165, 1.54) is 7.11 Å². The highest BCUT2D eigenvalue weighted by atomic mass is 16.6. The normalized spacial score (nSPS) is 22.6. The van der Waals surface area contributed by atoms with Gasteiger partial charge in [-0.15, -0.1) is 0 Å². The molecule has 0 bridgehead atoms. The van der Waals surface area contributed by atoms with Gasteiger partial charge in [0.15, 0.2) is 0 Å². The number of carbonyl (C=O) groups is 3. The van der Waals surface area contributed by atoms with E-state index in [0.717, 1.165) is 19.3 Å². The van der Waals surface area contributed by atoms with Gasteiger partial charge >= 0.3 is 12.1 Å². The summed E-state index contributed by atoms with van der Waals surface area (Å²) in [6, 6.07) is 0. The third kappa shape index (κ3) is 4.25. The van der Waals surface area contributed by atoms with E-state index >= 15 is 0 Å². The lowest BCUT2D eigenvalue weighted by Crippen LogP contribution is -2.48. The minimum absolute atomic E-state index is 0.0225. The number of likely N-dealkylation sites (tertiary alicyclic amines) is 1. The number of cyclic esters (lactones) is 1. The molecular weight excluding hydrogens is 324 g/mol. The summed E-state index contributed by atoms with van der Waals surface area (Å²) in [5, 5.41) is 2.40. The van der Waals surface area contributed by atoms with Crippen molar-refractivity contribution in [3.8, 4) is 0 Å². The molecule has 1 unspecified atom stereocenters. The molecule has 1 atom stereocenters. The molecule has 2 fully saturated rings. The predicted molar refractivity (Wildman–Crippen MR) is 91.8 cm³/mol. The van der Waals surface area contributed by atoms with Crippen LogP contribution in [0.3, 0.4) is 0 Å². The molecule has 0 aliphatic carbocycles. The molecule has 7 nitrogen and oxygen atoms in total. The number of rotatable bonds is 5. The smallest absolute Gasteiger partial charge is 0.407 e. The molecule has 0 aromatic carbocycles. The van der Waals surface area contributed by atoms with Gasteiger partial charge in [-0.2, -0.15) is 0 Å². The second-order valence-electron chi connectivity index (χ2n) is 7.84. The molecule has 0 aromatic heterocycles. The third-order valence-electron chi connectivity index (χ3n) is 5.67. The lowest BCUT2D eigenvalue weighted by Gasteiger charge is -2.37. The van der Waals surface area contributed by atoms with Crippen LogP contribution in [0, 0.1) is 10.8 Å². The van der Waals surface area contributed by atoms with Crippen molar-refractivity contribution in [2.45, 2.75) is 59.0 Å². The van der Waals surface area contributed by atoms with E-state index in [2.05, 4.69) is 30.8 Å². The lowest BCUT2D eigenvalue weighted by molar-refractivity contribution is -0.155. The molecule has 7 heteroatoms. The summed E-state index contributed by atoms with van der Waals surface area (Å²) >= 11 is 0. The Labute approximate surface area is 149 Å². The highest BCUT2D eigenvalue weighted by Gasteiger charge is 2.53. The topological polar surface area (TPSA) is 84.9 Å². The highest BCUT2D eigenvalue weighted by molar-refractivity contribution is 5.83. The molecule has 0 saturated carbocycles. The average molecular weight is 354 g/mol. The highest BCUT2D eigenvalue weighted by Crippen LogP contribution is 2.48. The number of hydrogen-bond donors (Lipinski definition) is 1. The van der Waals surface area contributed by atoms with E-state index in [-0.39, 0.29) is 29.9 Å². The Morgan fingerprint density at radius 3 is 2.56 bits per heavy atom. The minimum atomic E-state index is -0.623. The number of piperidine rings is 1. The number of methoxy groups -OCH3 is 1. The maximum absolute atomic E-state index is 12.5. The molecule has 2 aliphatic heterocycles. The van der Waals surface area contributed by atoms with Gasteiger partial charge in [0.1, 0.15) is 12.6 Å². The fourth-order valence-electron chi connectivity index (χ4n) is 3.90. The van der Waals surface area contributed by atoms with Crippen molar-refractivity contribution in [1.82, 2.24) is 10.2 Å². The monoisotopic (exact) mass is 354 g/mol. The maximum Gasteiger partial charge on any atom is 0.407 e. The molecular formula is C18H30N2O5. The van der Waals surface area contributed by atoms with Crippen LogP contribution in [0.5, 0.6) is 0 Å². The van der Waals surface area contributed by atoms with Gasteiger partial charge in [-0.05, 0) is 19.3 Å². The van der Waals surface area contributed by atoms with E-state index in [9.17, 15) is 14.4 Å². The first-order valence-corrected chi connectivity index (χ1v) is 9.05. The summed E-state index contributed by atoms with van der Waals surface area (Å²) in [5.74, 6) is -0.268. The van der Waals surface area contributed by atoms with E-state index < -0.39 is 11.5 Å². The van der Waals surface area contributed by atoms with Crippen molar-refractivity contribution in [3.05, 3.63) is 0 Å². The molecule has 2 saturated heterocycles. The van der Waals surface area contributed by atoms with Crippen LogP contribution in [0.25, 0.3) is 0 Å². The Bertz CT molecular complexity index is 524. The van der Waals surface area contributed by atoms with Crippen molar-refractivity contribution in [2.24, 2.45) is 10.8 Å². The molecule has 142 valence electrons. The van der Waals surface area contributed by atoms with Crippen molar-refractivity contribution in [1.29, 1.82) is 0 Å². The fraction of sp³-hybridized carbons (Fsp3) is 0.833. The number of carbonyl (C=O) groups excluding carboxylic acids is 3. The Balaban J connectivity index is 1.91. The number of hydrogen-bond acceptors (Lipinski definition) is 5. The Hall–Kier alpha value is -1.79. The molecule has 0 radical (unpaired) electrons. The lowest BCUT2D eigenvalue weighted by atomic mass is 9.71. The average Bonchev–Trinajstić information content (AvgIpc) is 2.90. The summed E-state index contributed by atoms with van der Waals surface area (Å²) in [5.41, 5.74) is -0.479. The van der Waals surface area contributed by atoms with E-state index in [1.54, 1.807) is 4.90 Å². The van der Waals surface area contributed by atoms with Gasteiger partial charge in [0, 0.05) is 24.9 Å². The zero-order chi connectivity index (χ0) is 18.7. The molecule has 0 aromatic rings. The largest absolute Gasteiger partial charge is 0.461 e. The Morgan fingerprint density at radius 1 is 1.36 bits per heavy atom. The summed E-state index contributed by atoms with van der Waals surface area (Å²) in [7, 11) is 1.26. The van der Waals surface area contributed by atoms with Gasteiger partial charge in [-0.1, -0.05) is 27.2 Å². The van der Waals surface area contributed by atoms with Crippen LogP contribution < -0.4 is 5.32 Å². The number of nitrogens with zero attached hydrogens (tertiary/aromatic N) is 1. The minimum Gasteiger partial charge on any atom is -0.461 e. The van der Waals surface area contributed by atoms with Crippen LogP contribution in [0.15, 0.2) is 0 Å². The quantitative estimate of drug-likeness (QED) is 0.764. The van der Waals surface area contributed by atoms with Gasteiger partial charge in [0.25, 0.3) is 0 Å². The zero-order valence-corrected chi connectivity index (χ0v) is 15.7. The first-order valence-electron chi connectivity index (χ1n) is 9.05. The van der Waals surface area contributed by atoms with Crippen LogP contribution in [0.4, 0.5) is 4.79 Å².